The van der Waals surface area contributed by atoms with Gasteiger partial charge in [-0.05, 0) is 61.8 Å². The summed E-state index contributed by atoms with van der Waals surface area (Å²) in [5, 5.41) is 6.88. The number of ether oxygens (including phenoxy) is 1. The molecule has 0 spiro atoms. The van der Waals surface area contributed by atoms with Gasteiger partial charge in [0.05, 0.1) is 10.8 Å². The predicted octanol–water partition coefficient (Wildman–Crippen LogP) is 8.45. The predicted molar refractivity (Wildman–Crippen MR) is 206 cm³/mol. The van der Waals surface area contributed by atoms with Crippen molar-refractivity contribution in [3.05, 3.63) is 144 Å². The Morgan fingerprint density at radius 2 is 1.32 bits per heavy atom. The van der Waals surface area contributed by atoms with E-state index < -0.39 is 10.3 Å². The van der Waals surface area contributed by atoms with E-state index in [4.69, 9.17) is 4.74 Å². The Balaban J connectivity index is 1.41. The Morgan fingerprint density at radius 1 is 0.820 bits per heavy atom. The van der Waals surface area contributed by atoms with Gasteiger partial charge in [-0.1, -0.05) is 142 Å². The molecule has 4 atom stereocenters. The number of hydrogen-bond donors (Lipinski definition) is 2. The van der Waals surface area contributed by atoms with Gasteiger partial charge >= 0.3 is 6.09 Å². The summed E-state index contributed by atoms with van der Waals surface area (Å²) in [6.07, 6.45) is 2.08. The number of hydrogen-bond acceptors (Lipinski definition) is 5. The molecule has 1 fully saturated rings. The average molecular weight is 692 g/mol. The van der Waals surface area contributed by atoms with Gasteiger partial charge in [0, 0.05) is 30.9 Å². The van der Waals surface area contributed by atoms with Crippen LogP contribution in [-0.2, 0) is 20.7 Å². The lowest BCUT2D eigenvalue weighted by molar-refractivity contribution is -0.124. The number of likely N-dealkylation sites (tertiary alicyclic amines) is 1. The van der Waals surface area contributed by atoms with Crippen LogP contribution in [0, 0.1) is 5.92 Å². The summed E-state index contributed by atoms with van der Waals surface area (Å²) in [5.74, 6) is 0.120. The molecule has 0 aliphatic carbocycles. The molecule has 5 rings (SSSR count). The number of carbonyl (C=O) groups is 2. The molecule has 7 heteroatoms. The molecule has 1 aliphatic rings. The van der Waals surface area contributed by atoms with Crippen LogP contribution in [0.4, 0.5) is 4.79 Å². The highest BCUT2D eigenvalue weighted by molar-refractivity contribution is 8.01. The van der Waals surface area contributed by atoms with Crippen molar-refractivity contribution in [1.29, 1.82) is 0 Å². The Kier molecular flexibility index (Phi) is 12.8. The third-order valence-electron chi connectivity index (χ3n) is 9.51. The van der Waals surface area contributed by atoms with Gasteiger partial charge in [-0.2, -0.15) is 0 Å². The second kappa shape index (κ2) is 17.2. The molecule has 4 aromatic rings. The molecule has 1 saturated heterocycles. The minimum atomic E-state index is -0.625. The maximum Gasteiger partial charge on any atom is 0.410 e. The van der Waals surface area contributed by atoms with E-state index in [0.717, 1.165) is 19.3 Å². The zero-order valence-electron chi connectivity index (χ0n) is 30.2. The second-order valence-electron chi connectivity index (χ2n) is 14.3. The molecule has 2 amide bonds. The van der Waals surface area contributed by atoms with Crippen LogP contribution >= 0.6 is 11.8 Å². The van der Waals surface area contributed by atoms with Crippen molar-refractivity contribution >= 4 is 23.8 Å². The fourth-order valence-corrected chi connectivity index (χ4v) is 8.68. The zero-order chi connectivity index (χ0) is 35.6. The summed E-state index contributed by atoms with van der Waals surface area (Å²) >= 11 is 1.91. The first-order chi connectivity index (χ1) is 24.1. The first kappa shape index (κ1) is 37.2. The smallest absolute Gasteiger partial charge is 0.410 e. The average Bonchev–Trinajstić information content (AvgIpc) is 3.54. The lowest BCUT2D eigenvalue weighted by atomic mass is 9.84. The molecular formula is C43H53N3O3S. The monoisotopic (exact) mass is 691 g/mol. The number of thioether (sulfide) groups is 1. The SMILES string of the molecule is CCC(C)[C@H](NCC1CC(SC(c2ccccc2)(c2ccccc2)c2ccccc2)CN1C(=O)OC(C)(C)C)C(=O)NCCc1ccccc1. The Labute approximate surface area is 303 Å². The first-order valence-electron chi connectivity index (χ1n) is 18.0. The van der Waals surface area contributed by atoms with E-state index in [1.807, 2.05) is 55.6 Å². The Morgan fingerprint density at radius 3 is 1.80 bits per heavy atom. The van der Waals surface area contributed by atoms with Crippen LogP contribution in [0.1, 0.15) is 69.7 Å². The highest BCUT2D eigenvalue weighted by Gasteiger charge is 2.45. The van der Waals surface area contributed by atoms with E-state index in [-0.39, 0.29) is 35.3 Å². The van der Waals surface area contributed by atoms with Gasteiger partial charge in [-0.25, -0.2) is 4.79 Å². The third kappa shape index (κ3) is 9.37. The van der Waals surface area contributed by atoms with Gasteiger partial charge in [0.1, 0.15) is 5.60 Å². The van der Waals surface area contributed by atoms with E-state index >= 15 is 0 Å². The number of carbonyl (C=O) groups excluding carboxylic acids is 2. The summed E-state index contributed by atoms with van der Waals surface area (Å²) in [5.41, 5.74) is 4.14. The fourth-order valence-electron chi connectivity index (χ4n) is 6.81. The van der Waals surface area contributed by atoms with E-state index in [9.17, 15) is 9.59 Å². The normalized spacial score (nSPS) is 17.6. The van der Waals surface area contributed by atoms with Crippen LogP contribution in [0.5, 0.6) is 0 Å². The molecular weight excluding hydrogens is 639 g/mol. The van der Waals surface area contributed by atoms with Gasteiger partial charge in [0.25, 0.3) is 0 Å². The minimum Gasteiger partial charge on any atom is -0.444 e. The molecule has 2 N–H and O–H groups in total. The quantitative estimate of drug-likeness (QED) is 0.130. The number of rotatable bonds is 14. The summed E-state index contributed by atoms with van der Waals surface area (Å²) in [7, 11) is 0. The molecule has 1 heterocycles. The molecule has 0 radical (unpaired) electrons. The van der Waals surface area contributed by atoms with Crippen molar-refractivity contribution < 1.29 is 14.3 Å². The van der Waals surface area contributed by atoms with Gasteiger partial charge in [0.2, 0.25) is 5.91 Å². The molecule has 50 heavy (non-hydrogen) atoms. The minimum absolute atomic E-state index is 0.000675. The second-order valence-corrected chi connectivity index (χ2v) is 15.9. The molecule has 1 aliphatic heterocycles. The summed E-state index contributed by atoms with van der Waals surface area (Å²) in [6.45, 7) is 11.6. The highest BCUT2D eigenvalue weighted by Crippen LogP contribution is 2.52. The summed E-state index contributed by atoms with van der Waals surface area (Å²) < 4.78 is 5.47. The van der Waals surface area contributed by atoms with Crippen molar-refractivity contribution in [3.8, 4) is 0 Å². The Bertz CT molecular complexity index is 1530. The lowest BCUT2D eigenvalue weighted by Gasteiger charge is -2.37. The van der Waals surface area contributed by atoms with Gasteiger partial charge < -0.3 is 20.3 Å². The van der Waals surface area contributed by atoms with E-state index in [0.29, 0.717) is 19.6 Å². The van der Waals surface area contributed by atoms with Crippen LogP contribution in [-0.4, -0.2) is 59.5 Å². The van der Waals surface area contributed by atoms with Crippen LogP contribution < -0.4 is 10.6 Å². The van der Waals surface area contributed by atoms with Gasteiger partial charge in [-0.3, -0.25) is 4.79 Å². The molecule has 4 aromatic carbocycles. The van der Waals surface area contributed by atoms with Gasteiger partial charge in [0.15, 0.2) is 0 Å². The topological polar surface area (TPSA) is 70.7 Å². The number of nitrogens with zero attached hydrogens (tertiary/aromatic N) is 1. The molecule has 0 bridgehead atoms. The zero-order valence-corrected chi connectivity index (χ0v) is 31.0. The first-order valence-corrected chi connectivity index (χ1v) is 18.9. The lowest BCUT2D eigenvalue weighted by Crippen LogP contribution is -2.52. The van der Waals surface area contributed by atoms with Crippen molar-refractivity contribution in [3.63, 3.8) is 0 Å². The van der Waals surface area contributed by atoms with Crippen LogP contribution in [0.25, 0.3) is 0 Å². The molecule has 264 valence electrons. The van der Waals surface area contributed by atoms with Crippen LogP contribution in [0.15, 0.2) is 121 Å². The third-order valence-corrected chi connectivity index (χ3v) is 11.2. The summed E-state index contributed by atoms with van der Waals surface area (Å²) in [4.78, 5) is 29.3. The van der Waals surface area contributed by atoms with Crippen molar-refractivity contribution in [2.24, 2.45) is 5.92 Å². The number of nitrogens with one attached hydrogen (secondary N) is 2. The maximum atomic E-state index is 13.8. The number of amides is 2. The largest absolute Gasteiger partial charge is 0.444 e. The van der Waals surface area contributed by atoms with Crippen molar-refractivity contribution in [1.82, 2.24) is 15.5 Å². The molecule has 0 aromatic heterocycles. The van der Waals surface area contributed by atoms with E-state index in [1.54, 1.807) is 0 Å². The maximum absolute atomic E-state index is 13.8. The number of benzene rings is 4. The van der Waals surface area contributed by atoms with Gasteiger partial charge in [-0.15, -0.1) is 11.8 Å². The summed E-state index contributed by atoms with van der Waals surface area (Å²) in [6, 6.07) is 41.7. The highest BCUT2D eigenvalue weighted by atomic mass is 32.2. The standard InChI is InChI=1S/C43H53N3O3S/c1-6-32(2)39(40(47)44-28-27-33-19-11-7-12-20-33)45-30-37-29-38(31-46(37)41(48)49-42(3,4)5)50-43(34-21-13-8-14-22-34,35-23-15-9-16-24-35)36-25-17-10-18-26-36/h7-26,32,37-39,45H,6,27-31H2,1-5H3,(H,44,47)/t32?,37?,38?,39-/m0/s1. The molecule has 0 saturated carbocycles. The Hall–Kier alpha value is -4.07. The van der Waals surface area contributed by atoms with Crippen LogP contribution in [0.3, 0.4) is 0 Å². The van der Waals surface area contributed by atoms with Crippen molar-refractivity contribution in [2.45, 2.75) is 81.6 Å². The van der Waals surface area contributed by atoms with E-state index in [2.05, 4.69) is 128 Å². The fraction of sp³-hybridized carbons (Fsp3) is 0.395. The van der Waals surface area contributed by atoms with E-state index in [1.165, 1.54) is 22.3 Å². The molecule has 3 unspecified atom stereocenters. The van der Waals surface area contributed by atoms with Crippen LogP contribution in [0.2, 0.25) is 0 Å². The molecule has 6 nitrogen and oxygen atoms in total. The van der Waals surface area contributed by atoms with Crippen molar-refractivity contribution in [2.75, 3.05) is 19.6 Å².